The van der Waals surface area contributed by atoms with Crippen LogP contribution in [0.15, 0.2) is 42.5 Å². The largest absolute Gasteiger partial charge is 0.508 e. The normalized spacial score (nSPS) is 13.2. The van der Waals surface area contributed by atoms with E-state index in [0.29, 0.717) is 24.1 Å². The lowest BCUT2D eigenvalue weighted by Crippen LogP contribution is -2.32. The number of aromatic hydroxyl groups is 1. The van der Waals surface area contributed by atoms with Crippen molar-refractivity contribution in [3.8, 4) is 5.75 Å². The van der Waals surface area contributed by atoms with E-state index in [2.05, 4.69) is 10.6 Å². The number of nitrogens with one attached hydrogen (secondary N) is 2. The number of hydrogen-bond acceptors (Lipinski definition) is 5. The maximum atomic E-state index is 11.4. The first-order valence-corrected chi connectivity index (χ1v) is 9.05. The summed E-state index contributed by atoms with van der Waals surface area (Å²) in [4.78, 5) is 11.4. The van der Waals surface area contributed by atoms with Gasteiger partial charge < -0.3 is 26.0 Å². The lowest BCUT2D eigenvalue weighted by atomic mass is 10.0. The van der Waals surface area contributed by atoms with Crippen molar-refractivity contribution in [2.24, 2.45) is 0 Å². The van der Waals surface area contributed by atoms with E-state index in [1.807, 2.05) is 31.2 Å². The summed E-state index contributed by atoms with van der Waals surface area (Å²) in [5, 5.41) is 35.0. The zero-order valence-corrected chi connectivity index (χ0v) is 15.8. The van der Waals surface area contributed by atoms with Gasteiger partial charge in [-0.3, -0.25) is 4.79 Å². The van der Waals surface area contributed by atoms with Gasteiger partial charge in [-0.05, 0) is 42.2 Å². The van der Waals surface area contributed by atoms with Gasteiger partial charge in [0, 0.05) is 25.2 Å². The molecule has 0 aromatic heterocycles. The molecule has 2 atom stereocenters. The minimum absolute atomic E-state index is 0.00893. The molecular formula is C21H28N2O4. The Hall–Kier alpha value is -2.41. The Morgan fingerprint density at radius 3 is 2.41 bits per heavy atom. The first-order valence-electron chi connectivity index (χ1n) is 9.05. The fourth-order valence-electron chi connectivity index (χ4n) is 2.86. The van der Waals surface area contributed by atoms with Crippen molar-refractivity contribution in [1.82, 2.24) is 10.6 Å². The van der Waals surface area contributed by atoms with Crippen LogP contribution in [-0.4, -0.2) is 40.9 Å². The molecule has 0 aliphatic rings. The summed E-state index contributed by atoms with van der Waals surface area (Å²) < 4.78 is 0. The molecule has 0 aliphatic carbocycles. The number of amides is 1. The van der Waals surface area contributed by atoms with Gasteiger partial charge in [0.1, 0.15) is 5.75 Å². The Labute approximate surface area is 159 Å². The predicted molar refractivity (Wildman–Crippen MR) is 104 cm³/mol. The SMILES string of the molecule is CNC(=O)Cc1ccc(C[C@@H](C)NC[C@H](O)c2ccc(O)c(CO)c2)cc1. The van der Waals surface area contributed by atoms with Gasteiger partial charge in [-0.1, -0.05) is 30.3 Å². The quantitative estimate of drug-likeness (QED) is 0.458. The van der Waals surface area contributed by atoms with Crippen molar-refractivity contribution in [2.45, 2.75) is 38.5 Å². The molecule has 2 rings (SSSR count). The van der Waals surface area contributed by atoms with Crippen molar-refractivity contribution in [3.63, 3.8) is 0 Å². The highest BCUT2D eigenvalue weighted by Gasteiger charge is 2.12. The van der Waals surface area contributed by atoms with Gasteiger partial charge in [-0.2, -0.15) is 0 Å². The summed E-state index contributed by atoms with van der Waals surface area (Å²) in [6, 6.07) is 12.8. The maximum absolute atomic E-state index is 11.4. The second kappa shape index (κ2) is 10.1. The molecule has 0 heterocycles. The molecule has 1 amide bonds. The fourth-order valence-corrected chi connectivity index (χ4v) is 2.86. The predicted octanol–water partition coefficient (Wildman–Crippen LogP) is 1.43. The van der Waals surface area contributed by atoms with Gasteiger partial charge in [0.25, 0.3) is 0 Å². The molecule has 0 unspecified atom stereocenters. The zero-order valence-electron chi connectivity index (χ0n) is 15.8. The van der Waals surface area contributed by atoms with Crippen LogP contribution in [0.25, 0.3) is 0 Å². The van der Waals surface area contributed by atoms with Gasteiger partial charge >= 0.3 is 0 Å². The van der Waals surface area contributed by atoms with Crippen LogP contribution in [0.5, 0.6) is 5.75 Å². The number of carbonyl (C=O) groups excluding carboxylic acids is 1. The monoisotopic (exact) mass is 372 g/mol. The van der Waals surface area contributed by atoms with Gasteiger partial charge in [0.2, 0.25) is 5.91 Å². The van der Waals surface area contributed by atoms with Crippen LogP contribution >= 0.6 is 0 Å². The number of rotatable bonds is 9. The molecular weight excluding hydrogens is 344 g/mol. The number of benzene rings is 2. The zero-order chi connectivity index (χ0) is 19.8. The van der Waals surface area contributed by atoms with Crippen LogP contribution in [0.4, 0.5) is 0 Å². The second-order valence-electron chi connectivity index (χ2n) is 6.74. The lowest BCUT2D eigenvalue weighted by Gasteiger charge is -2.18. The Morgan fingerprint density at radius 2 is 1.78 bits per heavy atom. The number of hydrogen-bond donors (Lipinski definition) is 5. The first kappa shape index (κ1) is 20.9. The average molecular weight is 372 g/mol. The van der Waals surface area contributed by atoms with Crippen molar-refractivity contribution in [3.05, 3.63) is 64.7 Å². The molecule has 6 heteroatoms. The van der Waals surface area contributed by atoms with E-state index < -0.39 is 6.10 Å². The van der Waals surface area contributed by atoms with Crippen molar-refractivity contribution in [1.29, 1.82) is 0 Å². The molecule has 6 nitrogen and oxygen atoms in total. The third-order valence-electron chi connectivity index (χ3n) is 4.53. The van der Waals surface area contributed by atoms with Crippen LogP contribution < -0.4 is 10.6 Å². The van der Waals surface area contributed by atoms with Gasteiger partial charge in [-0.25, -0.2) is 0 Å². The third-order valence-corrected chi connectivity index (χ3v) is 4.53. The van der Waals surface area contributed by atoms with Crippen LogP contribution in [0.2, 0.25) is 0 Å². The summed E-state index contributed by atoms with van der Waals surface area (Å²) in [6.45, 7) is 2.14. The highest BCUT2D eigenvalue weighted by atomic mass is 16.3. The van der Waals surface area contributed by atoms with Gasteiger partial charge in [0.05, 0.1) is 19.1 Å². The average Bonchev–Trinajstić information content (AvgIpc) is 2.67. The number of aliphatic hydroxyl groups excluding tert-OH is 2. The van der Waals surface area contributed by atoms with Gasteiger partial charge in [0.15, 0.2) is 0 Å². The summed E-state index contributed by atoms with van der Waals surface area (Å²) in [7, 11) is 1.63. The van der Waals surface area contributed by atoms with Crippen molar-refractivity contribution < 1.29 is 20.1 Å². The van der Waals surface area contributed by atoms with Crippen LogP contribution in [0.3, 0.4) is 0 Å². The van der Waals surface area contributed by atoms with E-state index >= 15 is 0 Å². The molecule has 0 saturated carbocycles. The smallest absolute Gasteiger partial charge is 0.224 e. The van der Waals surface area contributed by atoms with E-state index in [4.69, 9.17) is 0 Å². The molecule has 5 N–H and O–H groups in total. The molecule has 0 fully saturated rings. The standard InChI is InChI=1S/C21H28N2O4/c1-14(9-15-3-5-16(6-4-15)10-21(27)22-2)23-12-20(26)17-7-8-19(25)18(11-17)13-24/h3-8,11,14,20,23-26H,9-10,12-13H2,1-2H3,(H,22,27)/t14-,20+/m1/s1. The summed E-state index contributed by atoms with van der Waals surface area (Å²) >= 11 is 0. The van der Waals surface area contributed by atoms with Crippen LogP contribution in [0.1, 0.15) is 35.3 Å². The summed E-state index contributed by atoms with van der Waals surface area (Å²) in [5.74, 6) is 0.0139. The number of phenols is 1. The van der Waals surface area contributed by atoms with E-state index in [1.165, 1.54) is 6.07 Å². The van der Waals surface area contributed by atoms with Crippen molar-refractivity contribution >= 4 is 5.91 Å². The van der Waals surface area contributed by atoms with Crippen LogP contribution in [-0.2, 0) is 24.2 Å². The molecule has 0 aliphatic heterocycles. The molecule has 2 aromatic carbocycles. The van der Waals surface area contributed by atoms with Crippen LogP contribution in [0, 0.1) is 0 Å². The molecule has 0 saturated heterocycles. The molecule has 0 spiro atoms. The minimum Gasteiger partial charge on any atom is -0.508 e. The molecule has 146 valence electrons. The highest BCUT2D eigenvalue weighted by molar-refractivity contribution is 5.78. The minimum atomic E-state index is -0.728. The third kappa shape index (κ3) is 6.36. The summed E-state index contributed by atoms with van der Waals surface area (Å²) in [6.07, 6.45) is 0.442. The van der Waals surface area contributed by atoms with E-state index in [1.54, 1.807) is 19.2 Å². The van der Waals surface area contributed by atoms with E-state index in [-0.39, 0.29) is 24.3 Å². The number of carbonyl (C=O) groups is 1. The molecule has 0 bridgehead atoms. The molecule has 2 aromatic rings. The maximum Gasteiger partial charge on any atom is 0.224 e. The Kier molecular flexibility index (Phi) is 7.79. The number of likely N-dealkylation sites (N-methyl/N-ethyl adjacent to an activating group) is 1. The molecule has 0 radical (unpaired) electrons. The fraction of sp³-hybridized carbons (Fsp3) is 0.381. The summed E-state index contributed by atoms with van der Waals surface area (Å²) in [5.41, 5.74) is 3.17. The Bertz CT molecular complexity index is 746. The Balaban J connectivity index is 1.85. The highest BCUT2D eigenvalue weighted by Crippen LogP contribution is 2.22. The second-order valence-corrected chi connectivity index (χ2v) is 6.74. The van der Waals surface area contributed by atoms with E-state index in [9.17, 15) is 20.1 Å². The lowest BCUT2D eigenvalue weighted by molar-refractivity contribution is -0.119. The van der Waals surface area contributed by atoms with Crippen molar-refractivity contribution in [2.75, 3.05) is 13.6 Å². The Morgan fingerprint density at radius 1 is 1.11 bits per heavy atom. The first-order chi connectivity index (χ1) is 12.9. The molecule has 27 heavy (non-hydrogen) atoms. The van der Waals surface area contributed by atoms with E-state index in [0.717, 1.165) is 17.5 Å². The number of aliphatic hydroxyl groups is 2. The topological polar surface area (TPSA) is 102 Å². The van der Waals surface area contributed by atoms with Gasteiger partial charge in [-0.15, -0.1) is 0 Å².